The Morgan fingerprint density at radius 3 is 3.00 bits per heavy atom. The number of hydrogen-bond acceptors (Lipinski definition) is 4. The fourth-order valence-corrected chi connectivity index (χ4v) is 4.47. The quantitative estimate of drug-likeness (QED) is 0.769. The summed E-state index contributed by atoms with van der Waals surface area (Å²) in [5.74, 6) is 3.07. The number of carbonyl (C=O) groups is 1. The second-order valence-corrected chi connectivity index (χ2v) is 8.32. The van der Waals surface area contributed by atoms with E-state index in [-0.39, 0.29) is 18.3 Å². The number of aryl methyl sites for hydroxylation is 1. The summed E-state index contributed by atoms with van der Waals surface area (Å²) in [4.78, 5) is 12.6. The summed E-state index contributed by atoms with van der Waals surface area (Å²) in [7, 11) is 0. The average molecular weight is 418 g/mol. The van der Waals surface area contributed by atoms with Gasteiger partial charge in [-0.25, -0.2) is 0 Å². The molecule has 2 N–H and O–H groups in total. The van der Waals surface area contributed by atoms with Gasteiger partial charge in [-0.1, -0.05) is 25.5 Å². The lowest BCUT2D eigenvalue weighted by atomic mass is 9.85. The Hall–Kier alpha value is -1.92. The van der Waals surface area contributed by atoms with E-state index >= 15 is 0 Å². The van der Waals surface area contributed by atoms with Crippen molar-refractivity contribution in [2.75, 3.05) is 18.4 Å². The second-order valence-electron chi connectivity index (χ2n) is 8.32. The van der Waals surface area contributed by atoms with Crippen molar-refractivity contribution >= 4 is 24.0 Å². The molecule has 158 valence electrons. The van der Waals surface area contributed by atoms with Crippen LogP contribution >= 0.6 is 12.4 Å². The highest BCUT2D eigenvalue weighted by Gasteiger charge is 2.22. The van der Waals surface area contributed by atoms with E-state index in [2.05, 4.69) is 32.3 Å². The van der Waals surface area contributed by atoms with Gasteiger partial charge >= 0.3 is 0 Å². The standard InChI is InChI=1S/C22H31N5O.ClH/c1-16(18-8-6-11-23-15-18)13-21(28)24-19-9-5-7-17(14-19)22-26-25-20-10-3-2-4-12-27(20)22;/h5,7,9,14,16,18,23H,2-4,6,8,10-13,15H2,1H3,(H,24,28);1H. The largest absolute Gasteiger partial charge is 0.326 e. The summed E-state index contributed by atoms with van der Waals surface area (Å²) in [6.07, 6.45) is 7.59. The van der Waals surface area contributed by atoms with Crippen molar-refractivity contribution in [3.8, 4) is 11.4 Å². The van der Waals surface area contributed by atoms with Crippen LogP contribution in [-0.2, 0) is 17.8 Å². The zero-order chi connectivity index (χ0) is 19.3. The first-order chi connectivity index (χ1) is 13.7. The number of aromatic nitrogens is 3. The molecule has 0 saturated carbocycles. The Morgan fingerprint density at radius 2 is 2.17 bits per heavy atom. The van der Waals surface area contributed by atoms with Crippen LogP contribution in [0.2, 0.25) is 0 Å². The van der Waals surface area contributed by atoms with E-state index in [1.165, 1.54) is 32.1 Å². The lowest BCUT2D eigenvalue weighted by molar-refractivity contribution is -0.117. The molecule has 6 nitrogen and oxygen atoms in total. The number of hydrogen-bond donors (Lipinski definition) is 2. The van der Waals surface area contributed by atoms with Crippen LogP contribution in [0.15, 0.2) is 24.3 Å². The van der Waals surface area contributed by atoms with Gasteiger partial charge in [0.25, 0.3) is 0 Å². The number of piperidine rings is 1. The predicted molar refractivity (Wildman–Crippen MR) is 118 cm³/mol. The van der Waals surface area contributed by atoms with Gasteiger partial charge in [-0.15, -0.1) is 22.6 Å². The summed E-state index contributed by atoms with van der Waals surface area (Å²) in [6.45, 7) is 5.30. The van der Waals surface area contributed by atoms with Crippen molar-refractivity contribution in [2.45, 2.75) is 58.4 Å². The normalized spacial score (nSPS) is 20.1. The molecule has 1 aromatic heterocycles. The number of halogens is 1. The summed E-state index contributed by atoms with van der Waals surface area (Å²) < 4.78 is 2.24. The van der Waals surface area contributed by atoms with Gasteiger partial charge in [0, 0.05) is 30.6 Å². The summed E-state index contributed by atoms with van der Waals surface area (Å²) in [5, 5.41) is 15.4. The second kappa shape index (κ2) is 10.2. The third-order valence-corrected chi connectivity index (χ3v) is 6.16. The van der Waals surface area contributed by atoms with Crippen LogP contribution in [0.5, 0.6) is 0 Å². The molecule has 1 saturated heterocycles. The smallest absolute Gasteiger partial charge is 0.224 e. The highest BCUT2D eigenvalue weighted by atomic mass is 35.5. The minimum Gasteiger partial charge on any atom is -0.326 e. The van der Waals surface area contributed by atoms with E-state index in [1.54, 1.807) is 0 Å². The van der Waals surface area contributed by atoms with Crippen molar-refractivity contribution in [3.63, 3.8) is 0 Å². The van der Waals surface area contributed by atoms with Crippen molar-refractivity contribution in [1.82, 2.24) is 20.1 Å². The Bertz CT molecular complexity index is 815. The Morgan fingerprint density at radius 1 is 1.28 bits per heavy atom. The molecule has 7 heteroatoms. The van der Waals surface area contributed by atoms with Crippen molar-refractivity contribution in [1.29, 1.82) is 0 Å². The maximum atomic E-state index is 12.6. The summed E-state index contributed by atoms with van der Waals surface area (Å²) in [6, 6.07) is 8.01. The molecule has 1 fully saturated rings. The predicted octanol–water partition coefficient (Wildman–Crippen LogP) is 4.06. The maximum Gasteiger partial charge on any atom is 0.224 e. The molecule has 4 rings (SSSR count). The van der Waals surface area contributed by atoms with Crippen LogP contribution in [0.1, 0.15) is 51.3 Å². The molecule has 2 aliphatic rings. The van der Waals surface area contributed by atoms with Gasteiger partial charge in [0.05, 0.1) is 0 Å². The van der Waals surface area contributed by atoms with Crippen LogP contribution in [0.3, 0.4) is 0 Å². The highest BCUT2D eigenvalue weighted by molar-refractivity contribution is 5.91. The van der Waals surface area contributed by atoms with E-state index in [0.29, 0.717) is 18.3 Å². The molecule has 2 atom stereocenters. The minimum atomic E-state index is 0. The number of nitrogens with one attached hydrogen (secondary N) is 2. The van der Waals surface area contributed by atoms with Crippen molar-refractivity contribution in [3.05, 3.63) is 30.1 Å². The first kappa shape index (κ1) is 21.8. The van der Waals surface area contributed by atoms with Gasteiger partial charge in [-0.2, -0.15) is 0 Å². The van der Waals surface area contributed by atoms with Crippen LogP contribution < -0.4 is 10.6 Å². The molecular formula is C22H32ClN5O. The zero-order valence-corrected chi connectivity index (χ0v) is 18.0. The Labute approximate surface area is 179 Å². The molecule has 2 aliphatic heterocycles. The molecule has 1 amide bonds. The number of benzene rings is 1. The van der Waals surface area contributed by atoms with Crippen molar-refractivity contribution < 1.29 is 4.79 Å². The maximum absolute atomic E-state index is 12.6. The molecule has 0 spiro atoms. The van der Waals surface area contributed by atoms with Gasteiger partial charge in [0.15, 0.2) is 5.82 Å². The SMILES string of the molecule is CC(CC(=O)Nc1cccc(-c2nnc3n2CCCCC3)c1)C1CCCNC1.Cl. The zero-order valence-electron chi connectivity index (χ0n) is 17.2. The molecule has 1 aromatic carbocycles. The van der Waals surface area contributed by atoms with Gasteiger partial charge in [0.2, 0.25) is 5.91 Å². The molecular weight excluding hydrogens is 386 g/mol. The number of carbonyl (C=O) groups excluding carboxylic acids is 1. The lowest BCUT2D eigenvalue weighted by Gasteiger charge is -2.28. The monoisotopic (exact) mass is 417 g/mol. The minimum absolute atomic E-state index is 0. The van der Waals surface area contributed by atoms with E-state index in [4.69, 9.17) is 0 Å². The van der Waals surface area contributed by atoms with Crippen molar-refractivity contribution in [2.24, 2.45) is 11.8 Å². The van der Waals surface area contributed by atoms with E-state index in [0.717, 1.165) is 49.0 Å². The van der Waals surface area contributed by atoms with E-state index in [9.17, 15) is 4.79 Å². The third kappa shape index (κ3) is 5.37. The van der Waals surface area contributed by atoms with Gasteiger partial charge in [0.1, 0.15) is 5.82 Å². The van der Waals surface area contributed by atoms with Crippen LogP contribution in [0, 0.1) is 11.8 Å². The third-order valence-electron chi connectivity index (χ3n) is 6.16. The number of anilines is 1. The molecule has 0 aliphatic carbocycles. The Balaban J connectivity index is 0.00000240. The molecule has 2 aromatic rings. The highest BCUT2D eigenvalue weighted by Crippen LogP contribution is 2.26. The van der Waals surface area contributed by atoms with Gasteiger partial charge in [-0.05, 0) is 62.7 Å². The topological polar surface area (TPSA) is 71.8 Å². The number of fused-ring (bicyclic) bond motifs is 1. The number of amides is 1. The molecule has 0 radical (unpaired) electrons. The van der Waals surface area contributed by atoms with E-state index < -0.39 is 0 Å². The fraction of sp³-hybridized carbons (Fsp3) is 0.591. The van der Waals surface area contributed by atoms with Crippen LogP contribution in [0.25, 0.3) is 11.4 Å². The number of nitrogens with zero attached hydrogens (tertiary/aromatic N) is 3. The van der Waals surface area contributed by atoms with Gasteiger partial charge in [-0.3, -0.25) is 4.79 Å². The van der Waals surface area contributed by atoms with Gasteiger partial charge < -0.3 is 15.2 Å². The number of rotatable bonds is 5. The molecule has 3 heterocycles. The summed E-state index contributed by atoms with van der Waals surface area (Å²) >= 11 is 0. The Kier molecular flexibility index (Phi) is 7.67. The van der Waals surface area contributed by atoms with E-state index in [1.807, 2.05) is 24.3 Å². The first-order valence-electron chi connectivity index (χ1n) is 10.7. The fourth-order valence-electron chi connectivity index (χ4n) is 4.47. The molecule has 29 heavy (non-hydrogen) atoms. The van der Waals surface area contributed by atoms with Crippen LogP contribution in [0.4, 0.5) is 5.69 Å². The lowest BCUT2D eigenvalue weighted by Crippen LogP contribution is -2.34. The molecule has 0 bridgehead atoms. The summed E-state index contributed by atoms with van der Waals surface area (Å²) in [5.41, 5.74) is 1.85. The average Bonchev–Trinajstić information content (AvgIpc) is 2.97. The first-order valence-corrected chi connectivity index (χ1v) is 10.7. The van der Waals surface area contributed by atoms with Crippen LogP contribution in [-0.4, -0.2) is 33.8 Å². The molecule has 2 unspecified atom stereocenters.